The first-order valence-corrected chi connectivity index (χ1v) is 6.02. The van der Waals surface area contributed by atoms with E-state index in [9.17, 15) is 20.4 Å². The summed E-state index contributed by atoms with van der Waals surface area (Å²) < 4.78 is 0. The van der Waals surface area contributed by atoms with Gasteiger partial charge in [-0.1, -0.05) is 30.3 Å². The highest BCUT2D eigenvalue weighted by Gasteiger charge is 2.33. The van der Waals surface area contributed by atoms with E-state index in [2.05, 4.69) is 0 Å². The topological polar surface area (TPSA) is 121 Å². The number of rotatable bonds is 7. The molecule has 1 aromatic carbocycles. The van der Waals surface area contributed by atoms with Crippen molar-refractivity contribution < 1.29 is 30.6 Å². The van der Waals surface area contributed by atoms with E-state index >= 15 is 0 Å². The van der Waals surface area contributed by atoms with Gasteiger partial charge in [-0.25, -0.2) is 0 Å². The van der Waals surface area contributed by atoms with Crippen molar-refractivity contribution >= 4 is 0 Å². The lowest BCUT2D eigenvalue weighted by molar-refractivity contribution is -0.139. The molecular formula is C13H20O6. The molecule has 0 fully saturated rings. The molecule has 0 bridgehead atoms. The van der Waals surface area contributed by atoms with Gasteiger partial charge in [0.15, 0.2) is 0 Å². The van der Waals surface area contributed by atoms with Crippen molar-refractivity contribution in [3.8, 4) is 0 Å². The Bertz CT molecular complexity index is 357. The highest BCUT2D eigenvalue weighted by atomic mass is 16.4. The van der Waals surface area contributed by atoms with Crippen LogP contribution < -0.4 is 0 Å². The summed E-state index contributed by atoms with van der Waals surface area (Å²) in [6.07, 6.45) is -7.88. The van der Waals surface area contributed by atoms with Gasteiger partial charge in [-0.3, -0.25) is 0 Å². The fraction of sp³-hybridized carbons (Fsp3) is 0.538. The third-order valence-electron chi connectivity index (χ3n) is 2.96. The molecule has 0 saturated heterocycles. The van der Waals surface area contributed by atoms with Crippen molar-refractivity contribution in [1.29, 1.82) is 0 Å². The van der Waals surface area contributed by atoms with Gasteiger partial charge in [0.05, 0.1) is 12.7 Å². The van der Waals surface area contributed by atoms with Crippen molar-refractivity contribution in [3.63, 3.8) is 0 Å². The number of aliphatic hydroxyl groups is 6. The fourth-order valence-electron chi connectivity index (χ4n) is 1.74. The van der Waals surface area contributed by atoms with Gasteiger partial charge in [0.25, 0.3) is 0 Å². The molecule has 19 heavy (non-hydrogen) atoms. The molecule has 0 aliphatic heterocycles. The van der Waals surface area contributed by atoms with Crippen LogP contribution in [0.1, 0.15) is 5.56 Å². The maximum atomic E-state index is 9.78. The van der Waals surface area contributed by atoms with E-state index < -0.39 is 37.1 Å². The average Bonchev–Trinajstić information content (AvgIpc) is 2.44. The molecule has 5 atom stereocenters. The standard InChI is InChI=1S/C13H20O6/c14-7-10(16)12(18)13(19)11(17)9(15)6-8-4-2-1-3-5-8/h1-5,9-19H,6-7H2/t9?,10-,11+,12-,13-/m1/s1. The minimum absolute atomic E-state index is 0.0982. The zero-order chi connectivity index (χ0) is 14.4. The Morgan fingerprint density at radius 1 is 0.737 bits per heavy atom. The Balaban J connectivity index is 2.58. The minimum atomic E-state index is -1.75. The molecule has 1 unspecified atom stereocenters. The van der Waals surface area contributed by atoms with Crippen LogP contribution in [0.25, 0.3) is 0 Å². The number of benzene rings is 1. The Labute approximate surface area is 111 Å². The van der Waals surface area contributed by atoms with Gasteiger partial charge in [-0.15, -0.1) is 0 Å². The van der Waals surface area contributed by atoms with Gasteiger partial charge in [0, 0.05) is 6.42 Å². The Kier molecular flexibility index (Phi) is 6.36. The fourth-order valence-corrected chi connectivity index (χ4v) is 1.74. The van der Waals surface area contributed by atoms with E-state index in [1.807, 2.05) is 6.07 Å². The second kappa shape index (κ2) is 7.54. The SMILES string of the molecule is OC[C@@H](O)[C@@H](O)[C@H](O)[C@@H](O)C(O)Cc1ccccc1. The number of hydrogen-bond acceptors (Lipinski definition) is 6. The number of hydrogen-bond donors (Lipinski definition) is 6. The molecule has 0 radical (unpaired) electrons. The van der Waals surface area contributed by atoms with Crippen LogP contribution in [-0.2, 0) is 6.42 Å². The predicted octanol–water partition coefficient (Wildman–Crippen LogP) is -1.97. The molecule has 0 heterocycles. The second-order valence-corrected chi connectivity index (χ2v) is 4.48. The van der Waals surface area contributed by atoms with E-state index in [0.29, 0.717) is 0 Å². The maximum absolute atomic E-state index is 9.78. The van der Waals surface area contributed by atoms with Gasteiger partial charge in [-0.2, -0.15) is 0 Å². The molecule has 0 amide bonds. The monoisotopic (exact) mass is 272 g/mol. The van der Waals surface area contributed by atoms with E-state index in [1.165, 1.54) is 0 Å². The van der Waals surface area contributed by atoms with Gasteiger partial charge < -0.3 is 30.6 Å². The lowest BCUT2D eigenvalue weighted by Gasteiger charge is -2.28. The summed E-state index contributed by atoms with van der Waals surface area (Å²) in [7, 11) is 0. The van der Waals surface area contributed by atoms with Crippen LogP contribution in [0.2, 0.25) is 0 Å². The molecule has 0 spiro atoms. The largest absolute Gasteiger partial charge is 0.394 e. The van der Waals surface area contributed by atoms with Crippen molar-refractivity contribution in [3.05, 3.63) is 35.9 Å². The summed E-state index contributed by atoms with van der Waals surface area (Å²) in [5.41, 5.74) is 0.762. The normalized spacial score (nSPS) is 19.5. The van der Waals surface area contributed by atoms with Crippen molar-refractivity contribution in [2.24, 2.45) is 0 Å². The Hall–Kier alpha value is -1.02. The van der Waals surface area contributed by atoms with Crippen LogP contribution >= 0.6 is 0 Å². The third-order valence-corrected chi connectivity index (χ3v) is 2.96. The summed E-state index contributed by atoms with van der Waals surface area (Å²) in [5, 5.41) is 56.3. The van der Waals surface area contributed by atoms with Crippen molar-refractivity contribution in [1.82, 2.24) is 0 Å². The molecule has 6 N–H and O–H groups in total. The van der Waals surface area contributed by atoms with Crippen LogP contribution in [0.15, 0.2) is 30.3 Å². The highest BCUT2D eigenvalue weighted by Crippen LogP contribution is 2.12. The predicted molar refractivity (Wildman–Crippen MR) is 67.3 cm³/mol. The Morgan fingerprint density at radius 3 is 1.79 bits per heavy atom. The molecule has 1 aromatic rings. The molecule has 0 aromatic heterocycles. The van der Waals surface area contributed by atoms with Gasteiger partial charge in [0.1, 0.15) is 24.4 Å². The van der Waals surface area contributed by atoms with E-state index in [4.69, 9.17) is 10.2 Å². The third kappa shape index (κ3) is 4.54. The zero-order valence-corrected chi connectivity index (χ0v) is 10.4. The Morgan fingerprint density at radius 2 is 1.26 bits per heavy atom. The molecule has 0 saturated carbocycles. The molecule has 108 valence electrons. The minimum Gasteiger partial charge on any atom is -0.394 e. The highest BCUT2D eigenvalue weighted by molar-refractivity contribution is 5.15. The second-order valence-electron chi connectivity index (χ2n) is 4.48. The van der Waals surface area contributed by atoms with E-state index in [-0.39, 0.29) is 6.42 Å². The van der Waals surface area contributed by atoms with Gasteiger partial charge >= 0.3 is 0 Å². The van der Waals surface area contributed by atoms with Crippen LogP contribution in [0.3, 0.4) is 0 Å². The molecular weight excluding hydrogens is 252 g/mol. The number of aliphatic hydroxyl groups excluding tert-OH is 6. The van der Waals surface area contributed by atoms with Crippen molar-refractivity contribution in [2.45, 2.75) is 36.9 Å². The molecule has 6 heteroatoms. The van der Waals surface area contributed by atoms with Crippen LogP contribution in [0, 0.1) is 0 Å². The summed E-state index contributed by atoms with van der Waals surface area (Å²) >= 11 is 0. The average molecular weight is 272 g/mol. The first kappa shape index (κ1) is 16.0. The summed E-state index contributed by atoms with van der Waals surface area (Å²) in [6.45, 7) is -0.750. The molecule has 6 nitrogen and oxygen atoms in total. The summed E-state index contributed by atoms with van der Waals surface area (Å²) in [4.78, 5) is 0. The van der Waals surface area contributed by atoms with E-state index in [0.717, 1.165) is 5.56 Å². The molecule has 1 rings (SSSR count). The van der Waals surface area contributed by atoms with Crippen LogP contribution in [0.5, 0.6) is 0 Å². The summed E-state index contributed by atoms with van der Waals surface area (Å²) in [5.74, 6) is 0. The van der Waals surface area contributed by atoms with Crippen LogP contribution in [-0.4, -0.2) is 67.8 Å². The zero-order valence-electron chi connectivity index (χ0n) is 10.4. The molecule has 0 aliphatic rings. The van der Waals surface area contributed by atoms with Gasteiger partial charge in [0.2, 0.25) is 0 Å². The van der Waals surface area contributed by atoms with Crippen molar-refractivity contribution in [2.75, 3.05) is 6.61 Å². The first-order chi connectivity index (χ1) is 8.97. The lowest BCUT2D eigenvalue weighted by atomic mass is 9.95. The summed E-state index contributed by atoms with van der Waals surface area (Å²) in [6, 6.07) is 8.86. The lowest BCUT2D eigenvalue weighted by Crippen LogP contribution is -2.50. The molecule has 0 aliphatic carbocycles. The smallest absolute Gasteiger partial charge is 0.111 e. The van der Waals surface area contributed by atoms with Crippen LogP contribution in [0.4, 0.5) is 0 Å². The maximum Gasteiger partial charge on any atom is 0.111 e. The van der Waals surface area contributed by atoms with Gasteiger partial charge in [-0.05, 0) is 5.56 Å². The quantitative estimate of drug-likeness (QED) is 0.342. The van der Waals surface area contributed by atoms with E-state index in [1.54, 1.807) is 24.3 Å². The first-order valence-electron chi connectivity index (χ1n) is 6.02.